The van der Waals surface area contributed by atoms with E-state index in [9.17, 15) is 14.9 Å². The number of rotatable bonds is 6. The molecule has 0 saturated heterocycles. The van der Waals surface area contributed by atoms with E-state index in [1.165, 1.54) is 41.2 Å². The zero-order valence-electron chi connectivity index (χ0n) is 16.5. The highest BCUT2D eigenvalue weighted by Crippen LogP contribution is 2.28. The molecular formula is C23H18N4O3S. The van der Waals surface area contributed by atoms with Gasteiger partial charge in [-0.1, -0.05) is 24.3 Å². The molecule has 0 aliphatic rings. The number of carbonyl (C=O) groups excluding carboxylic acids is 1. The second-order valence-electron chi connectivity index (χ2n) is 6.87. The molecule has 0 aliphatic heterocycles. The van der Waals surface area contributed by atoms with Crippen LogP contribution in [0.25, 0.3) is 11.3 Å². The minimum Gasteiger partial charge on any atom is -0.332 e. The van der Waals surface area contributed by atoms with Crippen LogP contribution in [0.15, 0.2) is 78.2 Å². The normalized spacial score (nSPS) is 10.5. The van der Waals surface area contributed by atoms with Crippen molar-refractivity contribution in [1.82, 2.24) is 4.98 Å². The first-order valence-electron chi connectivity index (χ1n) is 9.43. The fourth-order valence-electron chi connectivity index (χ4n) is 2.97. The summed E-state index contributed by atoms with van der Waals surface area (Å²) in [5, 5.41) is 19.6. The fourth-order valence-corrected chi connectivity index (χ4v) is 3.71. The van der Waals surface area contributed by atoms with Crippen molar-refractivity contribution >= 4 is 39.4 Å². The summed E-state index contributed by atoms with van der Waals surface area (Å²) in [4.78, 5) is 27.2. The Morgan fingerprint density at radius 1 is 1.00 bits per heavy atom. The quantitative estimate of drug-likeness (QED) is 0.288. The number of anilines is 3. The first kappa shape index (κ1) is 20.2. The van der Waals surface area contributed by atoms with Gasteiger partial charge in [-0.3, -0.25) is 14.9 Å². The highest BCUT2D eigenvalue weighted by Gasteiger charge is 2.10. The number of nitro groups is 1. The first-order chi connectivity index (χ1) is 15.0. The van der Waals surface area contributed by atoms with E-state index >= 15 is 0 Å². The summed E-state index contributed by atoms with van der Waals surface area (Å²) in [6.45, 7) is 2.04. The van der Waals surface area contributed by atoms with Gasteiger partial charge in [-0.05, 0) is 48.9 Å². The van der Waals surface area contributed by atoms with E-state index < -0.39 is 4.92 Å². The summed E-state index contributed by atoms with van der Waals surface area (Å²) >= 11 is 1.52. The Balaban J connectivity index is 1.42. The summed E-state index contributed by atoms with van der Waals surface area (Å²) in [6, 6.07) is 20.9. The van der Waals surface area contributed by atoms with Crippen molar-refractivity contribution in [2.45, 2.75) is 6.92 Å². The van der Waals surface area contributed by atoms with E-state index in [1.807, 2.05) is 42.6 Å². The molecule has 7 nitrogen and oxygen atoms in total. The van der Waals surface area contributed by atoms with Gasteiger partial charge in [0.1, 0.15) is 0 Å². The summed E-state index contributed by atoms with van der Waals surface area (Å²) in [6.07, 6.45) is 0. The van der Waals surface area contributed by atoms with Crippen LogP contribution in [-0.2, 0) is 0 Å². The standard InChI is InChI=1S/C23H18N4O3S/c1-15-3-2-4-19(13-15)25-23-26-21(14-31-23)16-5-9-18(10-6-16)24-22(28)17-7-11-20(12-8-17)27(29)30/h2-14H,1H3,(H,24,28)(H,25,26). The van der Waals surface area contributed by atoms with Crippen LogP contribution in [0.5, 0.6) is 0 Å². The topological polar surface area (TPSA) is 97.2 Å². The van der Waals surface area contributed by atoms with Crippen molar-refractivity contribution < 1.29 is 9.72 Å². The summed E-state index contributed by atoms with van der Waals surface area (Å²) in [5.74, 6) is -0.332. The Labute approximate surface area is 182 Å². The smallest absolute Gasteiger partial charge is 0.269 e. The van der Waals surface area contributed by atoms with Gasteiger partial charge < -0.3 is 10.6 Å². The van der Waals surface area contributed by atoms with Crippen molar-refractivity contribution in [2.75, 3.05) is 10.6 Å². The van der Waals surface area contributed by atoms with Gasteiger partial charge in [0.15, 0.2) is 5.13 Å². The maximum atomic E-state index is 12.4. The van der Waals surface area contributed by atoms with E-state index in [0.717, 1.165) is 22.1 Å². The lowest BCUT2D eigenvalue weighted by Gasteiger charge is -2.06. The first-order valence-corrected chi connectivity index (χ1v) is 10.3. The number of hydrogen-bond donors (Lipinski definition) is 2. The van der Waals surface area contributed by atoms with Crippen LogP contribution in [-0.4, -0.2) is 15.8 Å². The molecule has 4 aromatic rings. The van der Waals surface area contributed by atoms with Gasteiger partial charge in [-0.25, -0.2) is 4.98 Å². The lowest BCUT2D eigenvalue weighted by molar-refractivity contribution is -0.384. The molecule has 8 heteroatoms. The summed E-state index contributed by atoms with van der Waals surface area (Å²) in [5.41, 5.74) is 4.86. The molecule has 1 amide bonds. The molecule has 0 spiro atoms. The number of benzene rings is 3. The Kier molecular flexibility index (Phi) is 5.72. The number of hydrogen-bond acceptors (Lipinski definition) is 6. The van der Waals surface area contributed by atoms with Crippen LogP contribution < -0.4 is 10.6 Å². The number of nitro benzene ring substituents is 1. The van der Waals surface area contributed by atoms with Crippen molar-refractivity contribution in [1.29, 1.82) is 0 Å². The number of non-ortho nitro benzene ring substituents is 1. The van der Waals surface area contributed by atoms with Gasteiger partial charge in [0.05, 0.1) is 10.6 Å². The Morgan fingerprint density at radius 2 is 1.74 bits per heavy atom. The number of nitrogens with zero attached hydrogens (tertiary/aromatic N) is 2. The van der Waals surface area contributed by atoms with Crippen molar-refractivity contribution in [3.05, 3.63) is 99.4 Å². The molecule has 2 N–H and O–H groups in total. The largest absolute Gasteiger partial charge is 0.332 e. The molecule has 0 radical (unpaired) electrons. The van der Waals surface area contributed by atoms with E-state index in [4.69, 9.17) is 0 Å². The highest BCUT2D eigenvalue weighted by atomic mass is 32.1. The van der Waals surface area contributed by atoms with Crippen LogP contribution >= 0.6 is 11.3 Å². The molecule has 0 atom stereocenters. The molecular weight excluding hydrogens is 412 g/mol. The number of amides is 1. The highest BCUT2D eigenvalue weighted by molar-refractivity contribution is 7.14. The third-order valence-corrected chi connectivity index (χ3v) is 5.31. The zero-order chi connectivity index (χ0) is 21.8. The van der Waals surface area contributed by atoms with Crippen LogP contribution in [0.2, 0.25) is 0 Å². The predicted octanol–water partition coefficient (Wildman–Crippen LogP) is 6.02. The van der Waals surface area contributed by atoms with E-state index in [0.29, 0.717) is 11.3 Å². The maximum absolute atomic E-state index is 12.4. The molecule has 1 heterocycles. The van der Waals surface area contributed by atoms with Gasteiger partial charge >= 0.3 is 0 Å². The Morgan fingerprint density at radius 3 is 2.42 bits per heavy atom. The molecule has 4 rings (SSSR count). The number of thiazole rings is 1. The van der Waals surface area contributed by atoms with Crippen molar-refractivity contribution in [2.24, 2.45) is 0 Å². The number of aromatic nitrogens is 1. The Bertz CT molecular complexity index is 1230. The average Bonchev–Trinajstić information content (AvgIpc) is 3.23. The van der Waals surface area contributed by atoms with Crippen LogP contribution in [0.1, 0.15) is 15.9 Å². The minimum atomic E-state index is -0.499. The van der Waals surface area contributed by atoms with Crippen LogP contribution in [0.4, 0.5) is 22.2 Å². The molecule has 154 valence electrons. The molecule has 31 heavy (non-hydrogen) atoms. The van der Waals surface area contributed by atoms with Crippen LogP contribution in [0.3, 0.4) is 0 Å². The van der Waals surface area contributed by atoms with Gasteiger partial charge in [-0.2, -0.15) is 0 Å². The van der Waals surface area contributed by atoms with E-state index in [1.54, 1.807) is 12.1 Å². The van der Waals surface area contributed by atoms with E-state index in [-0.39, 0.29) is 11.6 Å². The monoisotopic (exact) mass is 430 g/mol. The fraction of sp³-hybridized carbons (Fsp3) is 0.0435. The predicted molar refractivity (Wildman–Crippen MR) is 123 cm³/mol. The molecule has 0 bridgehead atoms. The van der Waals surface area contributed by atoms with Crippen LogP contribution in [0, 0.1) is 17.0 Å². The van der Waals surface area contributed by atoms with Gasteiger partial charge in [0, 0.05) is 40.0 Å². The molecule has 0 aliphatic carbocycles. The summed E-state index contributed by atoms with van der Waals surface area (Å²) in [7, 11) is 0. The molecule has 0 saturated carbocycles. The molecule has 0 unspecified atom stereocenters. The zero-order valence-corrected chi connectivity index (χ0v) is 17.3. The lowest BCUT2D eigenvalue weighted by atomic mass is 10.1. The average molecular weight is 430 g/mol. The third-order valence-electron chi connectivity index (χ3n) is 4.55. The van der Waals surface area contributed by atoms with Gasteiger partial charge in [0.25, 0.3) is 11.6 Å². The molecule has 0 fully saturated rings. The lowest BCUT2D eigenvalue weighted by Crippen LogP contribution is -2.11. The SMILES string of the molecule is Cc1cccc(Nc2nc(-c3ccc(NC(=O)c4ccc([N+](=O)[O-])cc4)cc3)cs2)c1. The third kappa shape index (κ3) is 4.93. The van der Waals surface area contributed by atoms with Gasteiger partial charge in [-0.15, -0.1) is 11.3 Å². The van der Waals surface area contributed by atoms with Crippen molar-refractivity contribution in [3.8, 4) is 11.3 Å². The summed E-state index contributed by atoms with van der Waals surface area (Å²) < 4.78 is 0. The minimum absolute atomic E-state index is 0.0552. The van der Waals surface area contributed by atoms with Gasteiger partial charge in [0.2, 0.25) is 0 Å². The van der Waals surface area contributed by atoms with E-state index in [2.05, 4.69) is 21.7 Å². The second kappa shape index (κ2) is 8.76. The molecule has 3 aromatic carbocycles. The van der Waals surface area contributed by atoms with Crippen molar-refractivity contribution in [3.63, 3.8) is 0 Å². The second-order valence-corrected chi connectivity index (χ2v) is 7.73. The number of nitrogens with one attached hydrogen (secondary N) is 2. The Hall–Kier alpha value is -4.04. The number of carbonyl (C=O) groups is 1. The number of aryl methyl sites for hydroxylation is 1. The molecule has 1 aromatic heterocycles. The maximum Gasteiger partial charge on any atom is 0.269 e.